The van der Waals surface area contributed by atoms with Crippen molar-refractivity contribution >= 4 is 23.5 Å². The fraction of sp³-hybridized carbons (Fsp3) is 0.100. The summed E-state index contributed by atoms with van der Waals surface area (Å²) in [6.07, 6.45) is 3.23. The van der Waals surface area contributed by atoms with Crippen molar-refractivity contribution in [1.82, 2.24) is 24.5 Å². The number of nitrogens with zero attached hydrogens (tertiary/aromatic N) is 5. The van der Waals surface area contributed by atoms with Gasteiger partial charge in [0, 0.05) is 11.2 Å². The normalized spacial score (nSPS) is 10.7. The Hall–Kier alpha value is -3.65. The summed E-state index contributed by atoms with van der Waals surface area (Å²) in [5.74, 6) is 0.481. The number of hydrogen-bond donors (Lipinski definition) is 1. The van der Waals surface area contributed by atoms with E-state index in [1.807, 2.05) is 30.3 Å². The Balaban J connectivity index is 1.32. The zero-order chi connectivity index (χ0) is 20.1. The predicted molar refractivity (Wildman–Crippen MR) is 108 cm³/mol. The maximum atomic E-state index is 12.4. The van der Waals surface area contributed by atoms with Crippen molar-refractivity contribution in [1.29, 1.82) is 0 Å². The molecule has 9 heteroatoms. The molecule has 0 radical (unpaired) electrons. The minimum atomic E-state index is -0.396. The van der Waals surface area contributed by atoms with Crippen molar-refractivity contribution in [2.24, 2.45) is 0 Å². The van der Waals surface area contributed by atoms with Crippen LogP contribution in [0.5, 0.6) is 5.75 Å². The van der Waals surface area contributed by atoms with Gasteiger partial charge in [0.05, 0.1) is 6.54 Å². The Morgan fingerprint density at radius 1 is 1.00 bits per heavy atom. The molecule has 0 fully saturated rings. The molecule has 1 N–H and O–H groups in total. The monoisotopic (exact) mass is 408 g/mol. The molecule has 2 aromatic heterocycles. The Morgan fingerprint density at radius 2 is 1.79 bits per heavy atom. The molecule has 0 aliphatic rings. The third kappa shape index (κ3) is 4.99. The van der Waals surface area contributed by atoms with Gasteiger partial charge in [-0.1, -0.05) is 41.9 Å². The third-order valence-corrected chi connectivity index (χ3v) is 4.25. The smallest absolute Gasteiger partial charge is 0.278 e. The number of carbonyl (C=O) groups excluding carboxylic acids is 1. The van der Waals surface area contributed by atoms with Crippen molar-refractivity contribution in [3.63, 3.8) is 0 Å². The number of aromatic nitrogens is 5. The lowest BCUT2D eigenvalue weighted by Crippen LogP contribution is -2.15. The van der Waals surface area contributed by atoms with E-state index in [1.54, 1.807) is 47.5 Å². The van der Waals surface area contributed by atoms with Crippen molar-refractivity contribution in [2.45, 2.75) is 13.3 Å². The van der Waals surface area contributed by atoms with Crippen LogP contribution in [0, 0.1) is 0 Å². The van der Waals surface area contributed by atoms with Gasteiger partial charge in [0.25, 0.3) is 5.91 Å². The SMILES string of the molecule is O=C(Nc1ncn(Cc2ccccc2)n1)c1ccn(COc2ccc(Cl)cc2)n1. The summed E-state index contributed by atoms with van der Waals surface area (Å²) in [4.78, 5) is 16.5. The number of ether oxygens (including phenoxy) is 1. The highest BCUT2D eigenvalue weighted by molar-refractivity contribution is 6.30. The van der Waals surface area contributed by atoms with Crippen LogP contribution >= 0.6 is 11.6 Å². The second-order valence-electron chi connectivity index (χ2n) is 6.17. The number of hydrogen-bond acceptors (Lipinski definition) is 5. The van der Waals surface area contributed by atoms with Crippen LogP contribution in [-0.4, -0.2) is 30.5 Å². The van der Waals surface area contributed by atoms with Crippen LogP contribution in [0.1, 0.15) is 16.1 Å². The van der Waals surface area contributed by atoms with Crippen LogP contribution in [0.15, 0.2) is 73.2 Å². The topological polar surface area (TPSA) is 86.9 Å². The largest absolute Gasteiger partial charge is 0.471 e. The molecule has 0 bridgehead atoms. The number of halogens is 1. The van der Waals surface area contributed by atoms with Gasteiger partial charge in [-0.25, -0.2) is 14.3 Å². The van der Waals surface area contributed by atoms with Crippen molar-refractivity contribution in [2.75, 3.05) is 5.32 Å². The van der Waals surface area contributed by atoms with Crippen molar-refractivity contribution in [3.05, 3.63) is 89.5 Å². The lowest BCUT2D eigenvalue weighted by atomic mass is 10.2. The van der Waals surface area contributed by atoms with Crippen LogP contribution in [-0.2, 0) is 13.3 Å². The van der Waals surface area contributed by atoms with E-state index in [0.717, 1.165) is 5.56 Å². The van der Waals surface area contributed by atoms with Gasteiger partial charge in [-0.05, 0) is 35.9 Å². The molecule has 0 aliphatic heterocycles. The number of amides is 1. The molecule has 0 spiro atoms. The van der Waals surface area contributed by atoms with Crippen LogP contribution in [0.3, 0.4) is 0 Å². The minimum absolute atomic E-state index is 0.166. The highest BCUT2D eigenvalue weighted by Gasteiger charge is 2.12. The summed E-state index contributed by atoms with van der Waals surface area (Å²) in [5.41, 5.74) is 1.33. The molecule has 4 aromatic rings. The first-order valence-corrected chi connectivity index (χ1v) is 9.20. The van der Waals surface area contributed by atoms with E-state index >= 15 is 0 Å². The van der Waals surface area contributed by atoms with Gasteiger partial charge in [-0.3, -0.25) is 10.1 Å². The number of anilines is 1. The van der Waals surface area contributed by atoms with Gasteiger partial charge >= 0.3 is 0 Å². The Morgan fingerprint density at radius 3 is 2.59 bits per heavy atom. The second kappa shape index (κ2) is 8.57. The second-order valence-corrected chi connectivity index (χ2v) is 6.61. The average Bonchev–Trinajstić information content (AvgIpc) is 3.38. The fourth-order valence-electron chi connectivity index (χ4n) is 2.59. The van der Waals surface area contributed by atoms with E-state index in [4.69, 9.17) is 16.3 Å². The maximum Gasteiger partial charge on any atom is 0.278 e. The Kier molecular flexibility index (Phi) is 5.53. The van der Waals surface area contributed by atoms with E-state index in [-0.39, 0.29) is 18.4 Å². The first-order valence-electron chi connectivity index (χ1n) is 8.82. The molecule has 2 aromatic carbocycles. The number of nitrogens with one attached hydrogen (secondary N) is 1. The Labute approximate surface area is 171 Å². The quantitative estimate of drug-likeness (QED) is 0.506. The van der Waals surface area contributed by atoms with Crippen molar-refractivity contribution in [3.8, 4) is 5.75 Å². The summed E-state index contributed by atoms with van der Waals surface area (Å²) in [6.45, 7) is 0.735. The van der Waals surface area contributed by atoms with Crippen LogP contribution < -0.4 is 10.1 Å². The maximum absolute atomic E-state index is 12.4. The lowest BCUT2D eigenvalue weighted by Gasteiger charge is -2.05. The molecule has 0 saturated heterocycles. The van der Waals surface area contributed by atoms with Crippen LogP contribution in [0.2, 0.25) is 5.02 Å². The van der Waals surface area contributed by atoms with Gasteiger partial charge in [-0.15, -0.1) is 5.10 Å². The Bertz CT molecular complexity index is 1090. The van der Waals surface area contributed by atoms with Gasteiger partial charge in [0.15, 0.2) is 12.4 Å². The van der Waals surface area contributed by atoms with E-state index < -0.39 is 5.91 Å². The molecule has 146 valence electrons. The summed E-state index contributed by atoms with van der Waals surface area (Å²) in [6, 6.07) is 18.5. The molecule has 0 saturated carbocycles. The standard InChI is InChI=1S/C20H17ClN6O2/c21-16-6-8-17(9-7-16)29-14-26-11-10-18(24-26)19(28)23-20-22-13-27(25-20)12-15-4-2-1-3-5-15/h1-11,13H,12,14H2,(H,23,25,28). The van der Waals surface area contributed by atoms with Crippen molar-refractivity contribution < 1.29 is 9.53 Å². The van der Waals surface area contributed by atoms with Gasteiger partial charge in [0.1, 0.15) is 12.1 Å². The summed E-state index contributed by atoms with van der Waals surface area (Å²) in [7, 11) is 0. The molecule has 8 nitrogen and oxygen atoms in total. The number of benzene rings is 2. The molecular formula is C20H17ClN6O2. The molecule has 29 heavy (non-hydrogen) atoms. The summed E-state index contributed by atoms with van der Waals surface area (Å²) >= 11 is 5.85. The van der Waals surface area contributed by atoms with E-state index in [9.17, 15) is 4.79 Å². The molecule has 0 atom stereocenters. The van der Waals surface area contributed by atoms with Crippen LogP contribution in [0.25, 0.3) is 0 Å². The molecule has 0 unspecified atom stereocenters. The third-order valence-electron chi connectivity index (χ3n) is 4.00. The zero-order valence-corrected chi connectivity index (χ0v) is 16.0. The predicted octanol–water partition coefficient (Wildman–Crippen LogP) is 3.47. The summed E-state index contributed by atoms with van der Waals surface area (Å²) in [5, 5.41) is 11.7. The minimum Gasteiger partial charge on any atom is -0.471 e. The van der Waals surface area contributed by atoms with Gasteiger partial charge < -0.3 is 4.74 Å². The van der Waals surface area contributed by atoms with E-state index in [1.165, 1.54) is 4.68 Å². The number of rotatable bonds is 7. The average molecular weight is 409 g/mol. The van der Waals surface area contributed by atoms with E-state index in [0.29, 0.717) is 17.3 Å². The van der Waals surface area contributed by atoms with Crippen LogP contribution in [0.4, 0.5) is 5.95 Å². The summed E-state index contributed by atoms with van der Waals surface area (Å²) < 4.78 is 8.78. The fourth-order valence-corrected chi connectivity index (χ4v) is 2.72. The highest BCUT2D eigenvalue weighted by atomic mass is 35.5. The first-order chi connectivity index (χ1) is 14.2. The zero-order valence-electron chi connectivity index (χ0n) is 15.3. The lowest BCUT2D eigenvalue weighted by molar-refractivity contribution is 0.101. The molecule has 4 rings (SSSR count). The first kappa shape index (κ1) is 18.7. The highest BCUT2D eigenvalue weighted by Crippen LogP contribution is 2.15. The van der Waals surface area contributed by atoms with Gasteiger partial charge in [0.2, 0.25) is 5.95 Å². The molecule has 0 aliphatic carbocycles. The molecule has 2 heterocycles. The number of carbonyl (C=O) groups is 1. The molecular weight excluding hydrogens is 392 g/mol. The van der Waals surface area contributed by atoms with E-state index in [2.05, 4.69) is 20.5 Å². The van der Waals surface area contributed by atoms with Gasteiger partial charge in [-0.2, -0.15) is 5.10 Å². The molecule has 1 amide bonds.